The van der Waals surface area contributed by atoms with Gasteiger partial charge in [0.1, 0.15) is 18.5 Å². The Balaban J connectivity index is 1.51. The Labute approximate surface area is 162 Å². The summed E-state index contributed by atoms with van der Waals surface area (Å²) >= 11 is 0. The predicted molar refractivity (Wildman–Crippen MR) is 108 cm³/mol. The zero-order valence-electron chi connectivity index (χ0n) is 16.1. The van der Waals surface area contributed by atoms with E-state index in [4.69, 9.17) is 4.74 Å². The molecule has 148 valence electrons. The highest BCUT2D eigenvalue weighted by Gasteiger charge is 2.11. The summed E-state index contributed by atoms with van der Waals surface area (Å²) in [6.07, 6.45) is -0.843. The number of aryl methyl sites for hydroxylation is 3. The molecule has 0 bridgehead atoms. The van der Waals surface area contributed by atoms with Gasteiger partial charge >= 0.3 is 11.7 Å². The number of benzene rings is 2. The minimum atomic E-state index is -0.843. The highest BCUT2D eigenvalue weighted by atomic mass is 16.5. The summed E-state index contributed by atoms with van der Waals surface area (Å²) in [5.41, 5.74) is 3.05. The number of fused-ring (bicyclic) bond motifs is 1. The predicted octanol–water partition coefficient (Wildman–Crippen LogP) is 1.75. The van der Waals surface area contributed by atoms with E-state index in [2.05, 4.69) is 10.6 Å². The minimum Gasteiger partial charge on any atom is -0.491 e. The number of rotatable bonds is 6. The van der Waals surface area contributed by atoms with Crippen molar-refractivity contribution in [1.29, 1.82) is 0 Å². The van der Waals surface area contributed by atoms with Crippen LogP contribution >= 0.6 is 0 Å². The number of aromatic nitrogens is 2. The topological polar surface area (TPSA) is 97.5 Å². The zero-order valence-corrected chi connectivity index (χ0v) is 16.1. The fourth-order valence-electron chi connectivity index (χ4n) is 2.86. The molecule has 0 spiro atoms. The number of anilines is 1. The first-order valence-electron chi connectivity index (χ1n) is 8.93. The molecule has 3 aromatic rings. The van der Waals surface area contributed by atoms with Crippen LogP contribution in [0.4, 0.5) is 10.5 Å². The van der Waals surface area contributed by atoms with Gasteiger partial charge < -0.3 is 20.5 Å². The standard InChI is InChI=1S/C20H24N4O4/c1-13-4-7-16(8-5-13)28-12-15(25)11-21-19(26)22-14-6-9-17-18(10-14)24(3)20(27)23(17)2/h4-10,15,25H,11-12H2,1-3H3,(H2,21,22,26). The largest absolute Gasteiger partial charge is 0.491 e. The normalized spacial score (nSPS) is 12.0. The number of hydrogen-bond acceptors (Lipinski definition) is 4. The lowest BCUT2D eigenvalue weighted by molar-refractivity contribution is 0.108. The SMILES string of the molecule is Cc1ccc(OCC(O)CNC(=O)Nc2ccc3c(c2)n(C)c(=O)n3C)cc1. The first-order chi connectivity index (χ1) is 13.3. The van der Waals surface area contributed by atoms with E-state index in [9.17, 15) is 14.7 Å². The van der Waals surface area contributed by atoms with E-state index in [1.54, 1.807) is 36.9 Å². The minimum absolute atomic E-state index is 0.0454. The smallest absolute Gasteiger partial charge is 0.328 e. The lowest BCUT2D eigenvalue weighted by atomic mass is 10.2. The Morgan fingerprint density at radius 3 is 2.50 bits per heavy atom. The molecule has 0 radical (unpaired) electrons. The second kappa shape index (κ2) is 8.18. The van der Waals surface area contributed by atoms with Crippen molar-refractivity contribution in [2.45, 2.75) is 13.0 Å². The van der Waals surface area contributed by atoms with E-state index in [-0.39, 0.29) is 18.8 Å². The lowest BCUT2D eigenvalue weighted by Gasteiger charge is -2.14. The van der Waals surface area contributed by atoms with Crippen LogP contribution in [0, 0.1) is 6.92 Å². The molecule has 1 heterocycles. The van der Waals surface area contributed by atoms with Crippen molar-refractivity contribution in [2.24, 2.45) is 14.1 Å². The van der Waals surface area contributed by atoms with E-state index in [1.165, 1.54) is 4.57 Å². The molecule has 0 aliphatic rings. The number of amides is 2. The molecule has 0 fully saturated rings. The second-order valence-corrected chi connectivity index (χ2v) is 6.72. The van der Waals surface area contributed by atoms with Crippen molar-refractivity contribution < 1.29 is 14.6 Å². The molecule has 28 heavy (non-hydrogen) atoms. The highest BCUT2D eigenvalue weighted by Crippen LogP contribution is 2.17. The van der Waals surface area contributed by atoms with Gasteiger partial charge in [-0.3, -0.25) is 9.13 Å². The van der Waals surface area contributed by atoms with Gasteiger partial charge in [-0.1, -0.05) is 17.7 Å². The van der Waals surface area contributed by atoms with Crippen LogP contribution in [-0.4, -0.2) is 39.5 Å². The summed E-state index contributed by atoms with van der Waals surface area (Å²) in [5.74, 6) is 0.663. The summed E-state index contributed by atoms with van der Waals surface area (Å²) < 4.78 is 8.56. The van der Waals surface area contributed by atoms with Gasteiger partial charge in [-0.25, -0.2) is 9.59 Å². The molecule has 3 N–H and O–H groups in total. The molecular weight excluding hydrogens is 360 g/mol. The maximum atomic E-state index is 12.1. The molecule has 3 rings (SSSR count). The molecule has 0 aliphatic carbocycles. The number of urea groups is 1. The molecule has 1 atom stereocenters. The number of ether oxygens (including phenoxy) is 1. The van der Waals surface area contributed by atoms with Gasteiger partial charge in [0.25, 0.3) is 0 Å². The molecular formula is C20H24N4O4. The third-order valence-electron chi connectivity index (χ3n) is 4.49. The van der Waals surface area contributed by atoms with Crippen molar-refractivity contribution in [3.05, 3.63) is 58.5 Å². The van der Waals surface area contributed by atoms with Crippen LogP contribution in [0.25, 0.3) is 11.0 Å². The Kier molecular flexibility index (Phi) is 5.70. The average molecular weight is 384 g/mol. The van der Waals surface area contributed by atoms with E-state index >= 15 is 0 Å². The van der Waals surface area contributed by atoms with E-state index in [0.717, 1.165) is 16.6 Å². The van der Waals surface area contributed by atoms with E-state index in [0.29, 0.717) is 11.4 Å². The molecule has 2 amide bonds. The monoisotopic (exact) mass is 384 g/mol. The Bertz CT molecular complexity index is 1040. The molecule has 0 saturated carbocycles. The summed E-state index contributed by atoms with van der Waals surface area (Å²) in [6, 6.07) is 12.3. The van der Waals surface area contributed by atoms with Crippen molar-refractivity contribution in [2.75, 3.05) is 18.5 Å². The zero-order chi connectivity index (χ0) is 20.3. The number of aliphatic hydroxyl groups excluding tert-OH is 1. The van der Waals surface area contributed by atoms with Crippen LogP contribution in [0.5, 0.6) is 5.75 Å². The first kappa shape index (κ1) is 19.5. The van der Waals surface area contributed by atoms with Gasteiger partial charge in [0.15, 0.2) is 0 Å². The quantitative estimate of drug-likeness (QED) is 0.603. The van der Waals surface area contributed by atoms with E-state index in [1.807, 2.05) is 31.2 Å². The molecule has 0 aliphatic heterocycles. The van der Waals surface area contributed by atoms with Gasteiger partial charge in [-0.05, 0) is 37.3 Å². The molecule has 2 aromatic carbocycles. The Morgan fingerprint density at radius 2 is 1.79 bits per heavy atom. The molecule has 1 aromatic heterocycles. The first-order valence-corrected chi connectivity index (χ1v) is 8.93. The van der Waals surface area contributed by atoms with Gasteiger partial charge in [0.05, 0.1) is 11.0 Å². The van der Waals surface area contributed by atoms with Crippen LogP contribution < -0.4 is 21.1 Å². The fraction of sp³-hybridized carbons (Fsp3) is 0.300. The lowest BCUT2D eigenvalue weighted by Crippen LogP contribution is -2.37. The number of carbonyl (C=O) groups excluding carboxylic acids is 1. The Morgan fingerprint density at radius 1 is 1.11 bits per heavy atom. The summed E-state index contributed by atoms with van der Waals surface area (Å²) in [4.78, 5) is 24.0. The summed E-state index contributed by atoms with van der Waals surface area (Å²) in [6.45, 7) is 2.10. The molecule has 1 unspecified atom stereocenters. The molecule has 0 saturated heterocycles. The van der Waals surface area contributed by atoms with E-state index < -0.39 is 12.1 Å². The molecule has 8 nitrogen and oxygen atoms in total. The number of aliphatic hydroxyl groups is 1. The van der Waals surface area contributed by atoms with Crippen molar-refractivity contribution >= 4 is 22.8 Å². The fourth-order valence-corrected chi connectivity index (χ4v) is 2.86. The summed E-state index contributed by atoms with van der Waals surface area (Å²) in [5, 5.41) is 15.3. The van der Waals surface area contributed by atoms with Gasteiger partial charge in [0, 0.05) is 26.3 Å². The van der Waals surface area contributed by atoms with Crippen LogP contribution in [-0.2, 0) is 14.1 Å². The maximum absolute atomic E-state index is 12.1. The van der Waals surface area contributed by atoms with Crippen LogP contribution in [0.15, 0.2) is 47.3 Å². The summed E-state index contributed by atoms with van der Waals surface area (Å²) in [7, 11) is 3.38. The van der Waals surface area contributed by atoms with Crippen molar-refractivity contribution in [3.8, 4) is 5.75 Å². The highest BCUT2D eigenvalue weighted by molar-refractivity contribution is 5.92. The number of hydrogen-bond donors (Lipinski definition) is 3. The van der Waals surface area contributed by atoms with Crippen molar-refractivity contribution in [3.63, 3.8) is 0 Å². The van der Waals surface area contributed by atoms with Crippen LogP contribution in [0.1, 0.15) is 5.56 Å². The van der Waals surface area contributed by atoms with Gasteiger partial charge in [-0.2, -0.15) is 0 Å². The second-order valence-electron chi connectivity index (χ2n) is 6.72. The third kappa shape index (κ3) is 4.34. The number of carbonyl (C=O) groups is 1. The van der Waals surface area contributed by atoms with Gasteiger partial charge in [0.2, 0.25) is 0 Å². The number of nitrogens with zero attached hydrogens (tertiary/aromatic N) is 2. The van der Waals surface area contributed by atoms with Gasteiger partial charge in [-0.15, -0.1) is 0 Å². The average Bonchev–Trinajstić information content (AvgIpc) is 2.90. The number of nitrogens with one attached hydrogen (secondary N) is 2. The van der Waals surface area contributed by atoms with Crippen LogP contribution in [0.2, 0.25) is 0 Å². The third-order valence-corrected chi connectivity index (χ3v) is 4.49. The Hall–Kier alpha value is -3.26. The van der Waals surface area contributed by atoms with Crippen molar-refractivity contribution in [1.82, 2.24) is 14.5 Å². The molecule has 8 heteroatoms. The number of imidazole rings is 1. The van der Waals surface area contributed by atoms with Crippen LogP contribution in [0.3, 0.4) is 0 Å². The maximum Gasteiger partial charge on any atom is 0.328 e.